The van der Waals surface area contributed by atoms with Gasteiger partial charge >= 0.3 is 0 Å². The fourth-order valence-electron chi connectivity index (χ4n) is 1.70. The minimum atomic E-state index is 0.234. The molecule has 4 nitrogen and oxygen atoms in total. The quantitative estimate of drug-likeness (QED) is 0.943. The number of phenolic OH excluding ortho intramolecular Hbond substituents is 1. The molecule has 5 heteroatoms. The molecule has 0 spiro atoms. The average molecular weight is 311 g/mol. The van der Waals surface area contributed by atoms with E-state index < -0.39 is 0 Å². The van der Waals surface area contributed by atoms with E-state index in [1.165, 1.54) is 0 Å². The molecule has 0 radical (unpaired) electrons. The van der Waals surface area contributed by atoms with E-state index in [9.17, 15) is 5.11 Å². The number of nitrogens with zero attached hydrogens (tertiary/aromatic N) is 2. The van der Waals surface area contributed by atoms with Crippen LogP contribution in [0, 0.1) is 6.92 Å². The molecule has 2 rings (SSSR count). The summed E-state index contributed by atoms with van der Waals surface area (Å²) in [6, 6.07) is 6.69. The molecule has 0 fully saturated rings. The van der Waals surface area contributed by atoms with E-state index in [0.717, 1.165) is 28.2 Å². The standard InChI is InChI=1S/C13H15BrN2O2/c1-3-16-12(13(14)9(2)15-16)8-18-11-6-4-10(17)5-7-11/h4-7,17H,3,8H2,1-2H3. The molecule has 18 heavy (non-hydrogen) atoms. The predicted molar refractivity (Wildman–Crippen MR) is 72.8 cm³/mol. The van der Waals surface area contributed by atoms with E-state index in [1.807, 2.05) is 18.5 Å². The number of hydrogen-bond donors (Lipinski definition) is 1. The van der Waals surface area contributed by atoms with Gasteiger partial charge in [0, 0.05) is 6.54 Å². The highest BCUT2D eigenvalue weighted by Crippen LogP contribution is 2.23. The van der Waals surface area contributed by atoms with Crippen LogP contribution in [-0.4, -0.2) is 14.9 Å². The Bertz CT molecular complexity index is 535. The van der Waals surface area contributed by atoms with Crippen molar-refractivity contribution in [3.8, 4) is 11.5 Å². The Balaban J connectivity index is 2.12. The van der Waals surface area contributed by atoms with Crippen LogP contribution in [0.4, 0.5) is 0 Å². The summed E-state index contributed by atoms with van der Waals surface area (Å²) in [6.45, 7) is 5.25. The van der Waals surface area contributed by atoms with Crippen molar-refractivity contribution in [3.63, 3.8) is 0 Å². The maximum atomic E-state index is 9.19. The topological polar surface area (TPSA) is 47.3 Å². The second-order valence-corrected chi connectivity index (χ2v) is 4.74. The normalized spacial score (nSPS) is 10.6. The predicted octanol–water partition coefficient (Wildman–Crippen LogP) is 3.26. The van der Waals surface area contributed by atoms with E-state index in [1.54, 1.807) is 24.3 Å². The summed E-state index contributed by atoms with van der Waals surface area (Å²) in [5, 5.41) is 13.6. The highest BCUT2D eigenvalue weighted by molar-refractivity contribution is 9.10. The van der Waals surface area contributed by atoms with Gasteiger partial charge < -0.3 is 9.84 Å². The first-order valence-electron chi connectivity index (χ1n) is 5.75. The molecule has 0 unspecified atom stereocenters. The van der Waals surface area contributed by atoms with Gasteiger partial charge in [-0.15, -0.1) is 0 Å². The van der Waals surface area contributed by atoms with Crippen LogP contribution in [0.25, 0.3) is 0 Å². The van der Waals surface area contributed by atoms with Crippen molar-refractivity contribution in [2.75, 3.05) is 0 Å². The lowest BCUT2D eigenvalue weighted by Crippen LogP contribution is -2.06. The molecule has 0 aliphatic rings. The Morgan fingerprint density at radius 1 is 1.33 bits per heavy atom. The van der Waals surface area contributed by atoms with Crippen LogP contribution in [-0.2, 0) is 13.2 Å². The Morgan fingerprint density at radius 3 is 2.61 bits per heavy atom. The number of hydrogen-bond acceptors (Lipinski definition) is 3. The zero-order valence-corrected chi connectivity index (χ0v) is 11.9. The molecule has 96 valence electrons. The van der Waals surface area contributed by atoms with Gasteiger partial charge in [0.05, 0.1) is 15.9 Å². The maximum Gasteiger partial charge on any atom is 0.131 e. The van der Waals surface area contributed by atoms with Crippen molar-refractivity contribution in [1.29, 1.82) is 0 Å². The number of benzene rings is 1. The number of rotatable bonds is 4. The SMILES string of the molecule is CCn1nc(C)c(Br)c1COc1ccc(O)cc1. The van der Waals surface area contributed by atoms with Crippen LogP contribution >= 0.6 is 15.9 Å². The third kappa shape index (κ3) is 2.67. The smallest absolute Gasteiger partial charge is 0.131 e. The first-order valence-corrected chi connectivity index (χ1v) is 6.54. The van der Waals surface area contributed by atoms with Crippen LogP contribution in [0.5, 0.6) is 11.5 Å². The summed E-state index contributed by atoms with van der Waals surface area (Å²) >= 11 is 3.52. The van der Waals surface area contributed by atoms with Gasteiger partial charge in [0.25, 0.3) is 0 Å². The summed E-state index contributed by atoms with van der Waals surface area (Å²) in [5.41, 5.74) is 1.98. The monoisotopic (exact) mass is 310 g/mol. The fraction of sp³-hybridized carbons (Fsp3) is 0.308. The first kappa shape index (κ1) is 13.0. The van der Waals surface area contributed by atoms with Gasteiger partial charge in [0.2, 0.25) is 0 Å². The third-order valence-corrected chi connectivity index (χ3v) is 3.70. The van der Waals surface area contributed by atoms with Gasteiger partial charge in [-0.05, 0) is 54.0 Å². The number of aryl methyl sites for hydroxylation is 2. The van der Waals surface area contributed by atoms with Crippen molar-refractivity contribution in [2.45, 2.75) is 27.0 Å². The van der Waals surface area contributed by atoms with Crippen LogP contribution in [0.2, 0.25) is 0 Å². The van der Waals surface area contributed by atoms with Crippen molar-refractivity contribution in [1.82, 2.24) is 9.78 Å². The molecular weight excluding hydrogens is 296 g/mol. The van der Waals surface area contributed by atoms with Gasteiger partial charge in [0.1, 0.15) is 18.1 Å². The first-order chi connectivity index (χ1) is 8.61. The van der Waals surface area contributed by atoms with Crippen LogP contribution < -0.4 is 4.74 Å². The lowest BCUT2D eigenvalue weighted by atomic mass is 10.3. The summed E-state index contributed by atoms with van der Waals surface area (Å²) < 4.78 is 8.59. The largest absolute Gasteiger partial charge is 0.508 e. The molecule has 1 aromatic carbocycles. The van der Waals surface area contributed by atoms with Gasteiger partial charge in [-0.2, -0.15) is 5.10 Å². The van der Waals surface area contributed by atoms with Gasteiger partial charge in [-0.25, -0.2) is 0 Å². The molecule has 2 aromatic rings. The van der Waals surface area contributed by atoms with E-state index in [4.69, 9.17) is 4.74 Å². The van der Waals surface area contributed by atoms with Gasteiger partial charge in [-0.3, -0.25) is 4.68 Å². The minimum absolute atomic E-state index is 0.234. The summed E-state index contributed by atoms with van der Waals surface area (Å²) in [4.78, 5) is 0. The van der Waals surface area contributed by atoms with E-state index in [0.29, 0.717) is 6.61 Å². The second-order valence-electron chi connectivity index (χ2n) is 3.94. The summed E-state index contributed by atoms with van der Waals surface area (Å²) in [5.74, 6) is 0.958. The molecule has 0 atom stereocenters. The van der Waals surface area contributed by atoms with Gasteiger partial charge in [-0.1, -0.05) is 0 Å². The Labute approximate surface area is 114 Å². The van der Waals surface area contributed by atoms with Crippen molar-refractivity contribution >= 4 is 15.9 Å². The number of phenols is 1. The molecule has 0 aliphatic heterocycles. The van der Waals surface area contributed by atoms with Crippen LogP contribution in [0.15, 0.2) is 28.7 Å². The zero-order valence-electron chi connectivity index (χ0n) is 10.4. The molecule has 0 saturated heterocycles. The molecule has 0 aliphatic carbocycles. The van der Waals surface area contributed by atoms with Crippen molar-refractivity contribution < 1.29 is 9.84 Å². The lowest BCUT2D eigenvalue weighted by molar-refractivity contribution is 0.291. The van der Waals surface area contributed by atoms with E-state index in [-0.39, 0.29) is 5.75 Å². The van der Waals surface area contributed by atoms with Gasteiger partial charge in [0.15, 0.2) is 0 Å². The highest BCUT2D eigenvalue weighted by atomic mass is 79.9. The zero-order chi connectivity index (χ0) is 13.1. The third-order valence-electron chi connectivity index (χ3n) is 2.67. The molecule has 1 N–H and O–H groups in total. The molecular formula is C13H15BrN2O2. The molecule has 1 heterocycles. The Hall–Kier alpha value is -1.49. The number of aromatic hydroxyl groups is 1. The molecule has 0 amide bonds. The average Bonchev–Trinajstić information content (AvgIpc) is 2.65. The number of aromatic nitrogens is 2. The summed E-state index contributed by atoms with van der Waals surface area (Å²) in [6.07, 6.45) is 0. The number of ether oxygens (including phenoxy) is 1. The van der Waals surface area contributed by atoms with E-state index in [2.05, 4.69) is 21.0 Å². The van der Waals surface area contributed by atoms with Crippen LogP contribution in [0.1, 0.15) is 18.3 Å². The van der Waals surface area contributed by atoms with Crippen molar-refractivity contribution in [3.05, 3.63) is 40.1 Å². The minimum Gasteiger partial charge on any atom is -0.508 e. The maximum absolute atomic E-state index is 9.19. The second kappa shape index (κ2) is 5.44. The molecule has 1 aromatic heterocycles. The van der Waals surface area contributed by atoms with Crippen LogP contribution in [0.3, 0.4) is 0 Å². The highest BCUT2D eigenvalue weighted by Gasteiger charge is 2.12. The van der Waals surface area contributed by atoms with E-state index >= 15 is 0 Å². The fourth-order valence-corrected chi connectivity index (χ4v) is 2.10. The summed E-state index contributed by atoms with van der Waals surface area (Å²) in [7, 11) is 0. The lowest BCUT2D eigenvalue weighted by Gasteiger charge is -2.08. The Kier molecular flexibility index (Phi) is 3.91. The van der Waals surface area contributed by atoms with Crippen molar-refractivity contribution in [2.24, 2.45) is 0 Å². The molecule has 0 bridgehead atoms. The molecule has 0 saturated carbocycles. The number of halogens is 1. The Morgan fingerprint density at radius 2 is 2.00 bits per heavy atom.